The van der Waals surface area contributed by atoms with E-state index in [1.54, 1.807) is 0 Å². The quantitative estimate of drug-likeness (QED) is 0.640. The first-order valence-corrected chi connectivity index (χ1v) is 10.9. The second-order valence-corrected chi connectivity index (χ2v) is 8.36. The molecule has 0 aromatic carbocycles. The lowest BCUT2D eigenvalue weighted by Crippen LogP contribution is -2.49. The molecule has 0 aliphatic carbocycles. The Morgan fingerprint density at radius 1 is 1.00 bits per heavy atom. The van der Waals surface area contributed by atoms with Crippen LogP contribution >= 0.6 is 0 Å². The topological polar surface area (TPSA) is 45.8 Å². The minimum absolute atomic E-state index is 0.794. The summed E-state index contributed by atoms with van der Waals surface area (Å²) in [4.78, 5) is 8.78. The Balaban J connectivity index is 1.67. The van der Waals surface area contributed by atoms with Crippen LogP contribution in [0.25, 0.3) is 6.08 Å². The zero-order valence-electron chi connectivity index (χ0n) is 18.3. The number of H-pyrrole nitrogens is 1. The Morgan fingerprint density at radius 3 is 2.37 bits per heavy atom. The van der Waals surface area contributed by atoms with Crippen molar-refractivity contribution in [2.75, 3.05) is 0 Å². The predicted molar refractivity (Wildman–Crippen MR) is 117 cm³/mol. The second kappa shape index (κ2) is 7.27. The number of nitrogens with zero attached hydrogens (tertiary/aromatic N) is 5. The van der Waals surface area contributed by atoms with Gasteiger partial charge in [-0.3, -0.25) is 0 Å². The van der Waals surface area contributed by atoms with Gasteiger partial charge < -0.3 is 4.98 Å². The number of aliphatic imine (C=N–C) groups is 1. The molecule has 0 spiro atoms. The van der Waals surface area contributed by atoms with Gasteiger partial charge in [-0.15, -0.1) is 0 Å². The summed E-state index contributed by atoms with van der Waals surface area (Å²) in [6.07, 6.45) is 17.2. The molecule has 30 heavy (non-hydrogen) atoms. The predicted octanol–water partition coefficient (Wildman–Crippen LogP) is 3.15. The Labute approximate surface area is 177 Å². The fourth-order valence-corrected chi connectivity index (χ4v) is 4.80. The summed E-state index contributed by atoms with van der Waals surface area (Å²) in [5, 5.41) is 0. The lowest BCUT2D eigenvalue weighted by molar-refractivity contribution is -0.912. The van der Waals surface area contributed by atoms with Crippen LogP contribution in [0.15, 0.2) is 59.3 Å². The van der Waals surface area contributed by atoms with Gasteiger partial charge in [-0.05, 0) is 55.0 Å². The zero-order valence-corrected chi connectivity index (χ0v) is 18.3. The summed E-state index contributed by atoms with van der Waals surface area (Å²) in [5.74, 6) is 0. The minimum atomic E-state index is 0.794. The summed E-state index contributed by atoms with van der Waals surface area (Å²) in [5.41, 5.74) is 10.2. The number of allylic oxidation sites excluding steroid dienone is 2. The van der Waals surface area contributed by atoms with Crippen molar-refractivity contribution in [2.24, 2.45) is 4.99 Å². The number of imidazole rings is 2. The van der Waals surface area contributed by atoms with Gasteiger partial charge in [0.05, 0.1) is 17.1 Å². The molecule has 1 N–H and O–H groups in total. The fourth-order valence-electron chi connectivity index (χ4n) is 4.80. The van der Waals surface area contributed by atoms with Gasteiger partial charge in [-0.1, -0.05) is 13.8 Å². The number of nitrogens with one attached hydrogen (secondary N) is 1. The van der Waals surface area contributed by atoms with Crippen molar-refractivity contribution in [3.63, 3.8) is 0 Å². The van der Waals surface area contributed by atoms with E-state index in [0.29, 0.717) is 0 Å². The fraction of sp³-hybridized carbons (Fsp3) is 0.375. The standard InChI is InChI=1S/C24H30N6/c1-5-19-17(3)21-11-22-18(4)20(6-2)24(26-22)13-28-8-10-30(15-28)16-29-9-7-27(14-29)12-23(19)25-21/h7-11,14-15,25H,5-6,12-13,16H2,1-4H3/q+2/b22-11-. The third-order valence-corrected chi connectivity index (χ3v) is 6.43. The highest BCUT2D eigenvalue weighted by molar-refractivity contribution is 6.05. The molecule has 0 unspecified atom stereocenters. The maximum atomic E-state index is 5.07. The molecule has 6 heteroatoms. The van der Waals surface area contributed by atoms with Crippen LogP contribution in [-0.4, -0.2) is 19.8 Å². The number of aromatic nitrogens is 5. The van der Waals surface area contributed by atoms with E-state index in [9.17, 15) is 0 Å². The molecule has 3 aromatic rings. The molecule has 3 aromatic heterocycles. The van der Waals surface area contributed by atoms with Crippen LogP contribution < -0.4 is 9.13 Å². The number of rotatable bonds is 2. The molecule has 0 saturated heterocycles. The Bertz CT molecular complexity index is 1210. The van der Waals surface area contributed by atoms with Crippen LogP contribution in [-0.2, 0) is 26.2 Å². The molecule has 0 atom stereocenters. The van der Waals surface area contributed by atoms with Crippen LogP contribution in [0, 0.1) is 6.92 Å². The van der Waals surface area contributed by atoms with E-state index in [4.69, 9.17) is 4.99 Å². The second-order valence-electron chi connectivity index (χ2n) is 8.36. The first-order chi connectivity index (χ1) is 14.6. The van der Waals surface area contributed by atoms with Crippen LogP contribution in [0.3, 0.4) is 0 Å². The van der Waals surface area contributed by atoms with E-state index >= 15 is 0 Å². The van der Waals surface area contributed by atoms with Crippen LogP contribution in [0.2, 0.25) is 0 Å². The van der Waals surface area contributed by atoms with Gasteiger partial charge in [-0.2, -0.15) is 9.13 Å². The zero-order chi connectivity index (χ0) is 20.8. The van der Waals surface area contributed by atoms with Crippen molar-refractivity contribution in [2.45, 2.75) is 60.3 Å². The number of aromatic amines is 1. The molecule has 5 heterocycles. The summed E-state index contributed by atoms with van der Waals surface area (Å²) >= 11 is 0. The van der Waals surface area contributed by atoms with Crippen molar-refractivity contribution in [1.82, 2.24) is 14.1 Å². The lowest BCUT2D eigenvalue weighted by atomic mass is 10.0. The van der Waals surface area contributed by atoms with Gasteiger partial charge in [0, 0.05) is 5.69 Å². The maximum Gasteiger partial charge on any atom is 0.247 e. The SMILES string of the molecule is CCC1=C(C)/C2=C/c3[nH]c(c(CC)c3C)Cn3cc[n+](c3)C[n+]3ccn(c3)CC1=N2. The van der Waals surface area contributed by atoms with E-state index in [0.717, 1.165) is 38.3 Å². The molecule has 0 fully saturated rings. The largest absolute Gasteiger partial charge is 0.355 e. The van der Waals surface area contributed by atoms with Gasteiger partial charge in [-0.25, -0.2) is 14.1 Å². The van der Waals surface area contributed by atoms with E-state index in [-0.39, 0.29) is 0 Å². The Hall–Kier alpha value is -3.15. The summed E-state index contributed by atoms with van der Waals surface area (Å²) in [6.45, 7) is 11.3. The molecular weight excluding hydrogens is 372 g/mol. The highest BCUT2D eigenvalue weighted by Gasteiger charge is 2.23. The smallest absolute Gasteiger partial charge is 0.247 e. The van der Waals surface area contributed by atoms with Crippen molar-refractivity contribution >= 4 is 11.8 Å². The van der Waals surface area contributed by atoms with Crippen LogP contribution in [0.1, 0.15) is 49.7 Å². The molecule has 6 nitrogen and oxygen atoms in total. The van der Waals surface area contributed by atoms with Gasteiger partial charge in [0.2, 0.25) is 19.3 Å². The van der Waals surface area contributed by atoms with E-state index < -0.39 is 0 Å². The molecule has 0 saturated carbocycles. The van der Waals surface area contributed by atoms with E-state index in [1.807, 2.05) is 0 Å². The minimum Gasteiger partial charge on any atom is -0.355 e. The molecular formula is C24H30N6+2. The van der Waals surface area contributed by atoms with Gasteiger partial charge >= 0.3 is 0 Å². The first-order valence-electron chi connectivity index (χ1n) is 10.9. The monoisotopic (exact) mass is 402 g/mol. The van der Waals surface area contributed by atoms with Crippen LogP contribution in [0.5, 0.6) is 0 Å². The molecule has 0 amide bonds. The lowest BCUT2D eigenvalue weighted by Gasteiger charge is -2.03. The molecule has 5 rings (SSSR count). The van der Waals surface area contributed by atoms with E-state index in [1.165, 1.54) is 39.4 Å². The Kier molecular flexibility index (Phi) is 4.57. The summed E-state index contributed by atoms with van der Waals surface area (Å²) in [7, 11) is 0. The molecule has 154 valence electrons. The Morgan fingerprint density at radius 2 is 1.70 bits per heavy atom. The molecule has 2 aliphatic heterocycles. The normalized spacial score (nSPS) is 17.9. The maximum absolute atomic E-state index is 5.07. The average Bonchev–Trinajstić information content (AvgIpc) is 3.47. The number of hydrogen-bond donors (Lipinski definition) is 1. The highest BCUT2D eigenvalue weighted by Crippen LogP contribution is 2.31. The molecule has 0 radical (unpaired) electrons. The highest BCUT2D eigenvalue weighted by atomic mass is 15.2. The van der Waals surface area contributed by atoms with Gasteiger partial charge in [0.15, 0.2) is 0 Å². The van der Waals surface area contributed by atoms with E-state index in [2.05, 4.69) is 94.5 Å². The van der Waals surface area contributed by atoms with Crippen molar-refractivity contribution in [3.05, 3.63) is 76.8 Å². The average molecular weight is 403 g/mol. The van der Waals surface area contributed by atoms with Crippen molar-refractivity contribution in [1.29, 1.82) is 0 Å². The van der Waals surface area contributed by atoms with Gasteiger partial charge in [0.1, 0.15) is 37.9 Å². The third kappa shape index (κ3) is 3.16. The van der Waals surface area contributed by atoms with Crippen molar-refractivity contribution < 1.29 is 9.13 Å². The number of hydrogen-bond acceptors (Lipinski definition) is 1. The van der Waals surface area contributed by atoms with Crippen LogP contribution in [0.4, 0.5) is 0 Å². The molecule has 2 aliphatic rings. The first kappa shape index (κ1) is 18.9. The summed E-state index contributed by atoms with van der Waals surface area (Å²) < 4.78 is 8.89. The summed E-state index contributed by atoms with van der Waals surface area (Å²) in [6, 6.07) is 0. The van der Waals surface area contributed by atoms with Gasteiger partial charge in [0.25, 0.3) is 0 Å². The molecule has 8 bridgehead atoms. The number of fused-ring (bicyclic) bond motifs is 7. The van der Waals surface area contributed by atoms with Crippen molar-refractivity contribution in [3.8, 4) is 0 Å². The third-order valence-electron chi connectivity index (χ3n) is 6.43.